The lowest BCUT2D eigenvalue weighted by molar-refractivity contribution is -0.113. The smallest absolute Gasteiger partial charge is 0.268 e. The number of anilines is 1. The third kappa shape index (κ3) is 3.41. The summed E-state index contributed by atoms with van der Waals surface area (Å²) in [7, 11) is -3.77. The van der Waals surface area contributed by atoms with Gasteiger partial charge in [0, 0.05) is 0 Å². The van der Waals surface area contributed by atoms with E-state index < -0.39 is 10.0 Å². The quantitative estimate of drug-likeness (QED) is 0.658. The second kappa shape index (κ2) is 6.48. The van der Waals surface area contributed by atoms with Crippen LogP contribution in [-0.4, -0.2) is 18.6 Å². The third-order valence-electron chi connectivity index (χ3n) is 3.31. The Morgan fingerprint density at radius 1 is 1.04 bits per heavy atom. The third-order valence-corrected chi connectivity index (χ3v) is 5.55. The standard InChI is InChI=1S/C16H12N2O3S3/c17-24(20,21)13-8-6-12(7-9-13)18-15(19)14(23-16(18)22)10-11-4-2-1-3-5-11/h1-10H,(H2,17,20,21)/b14-10+. The lowest BCUT2D eigenvalue weighted by Crippen LogP contribution is -2.27. The minimum absolute atomic E-state index is 0.0171. The van der Waals surface area contributed by atoms with E-state index in [0.29, 0.717) is 14.9 Å². The van der Waals surface area contributed by atoms with Crippen molar-refractivity contribution in [2.45, 2.75) is 4.90 Å². The molecule has 8 heteroatoms. The fraction of sp³-hybridized carbons (Fsp3) is 0. The van der Waals surface area contributed by atoms with Gasteiger partial charge in [0.2, 0.25) is 10.0 Å². The predicted octanol–water partition coefficient (Wildman–Crippen LogP) is 2.74. The van der Waals surface area contributed by atoms with Crippen LogP contribution < -0.4 is 10.0 Å². The molecule has 0 bridgehead atoms. The summed E-state index contributed by atoms with van der Waals surface area (Å²) in [4.78, 5) is 14.5. The van der Waals surface area contributed by atoms with Crippen LogP contribution in [0.2, 0.25) is 0 Å². The van der Waals surface area contributed by atoms with Gasteiger partial charge in [-0.15, -0.1) is 0 Å². The number of amides is 1. The van der Waals surface area contributed by atoms with Crippen LogP contribution in [0.25, 0.3) is 6.08 Å². The minimum Gasteiger partial charge on any atom is -0.268 e. The van der Waals surface area contributed by atoms with Crippen molar-refractivity contribution in [3.05, 3.63) is 65.1 Å². The summed E-state index contributed by atoms with van der Waals surface area (Å²) in [6.07, 6.45) is 1.78. The molecule has 0 aromatic heterocycles. The Morgan fingerprint density at radius 3 is 2.25 bits per heavy atom. The van der Waals surface area contributed by atoms with E-state index >= 15 is 0 Å². The highest BCUT2D eigenvalue weighted by Crippen LogP contribution is 2.36. The molecule has 3 rings (SSSR count). The van der Waals surface area contributed by atoms with Gasteiger partial charge in [0.1, 0.15) is 0 Å². The highest BCUT2D eigenvalue weighted by atomic mass is 32.2. The average Bonchev–Trinajstić information content (AvgIpc) is 2.82. The fourth-order valence-corrected chi connectivity index (χ4v) is 3.99. The van der Waals surface area contributed by atoms with E-state index in [1.54, 1.807) is 6.08 Å². The first-order valence-electron chi connectivity index (χ1n) is 6.82. The number of hydrogen-bond acceptors (Lipinski definition) is 5. The molecule has 0 atom stereocenters. The summed E-state index contributed by atoms with van der Waals surface area (Å²) in [5.41, 5.74) is 1.41. The van der Waals surface area contributed by atoms with Gasteiger partial charge in [-0.3, -0.25) is 9.69 Å². The van der Waals surface area contributed by atoms with Crippen molar-refractivity contribution in [2.24, 2.45) is 5.14 Å². The summed E-state index contributed by atoms with van der Waals surface area (Å²) < 4.78 is 23.0. The molecule has 0 radical (unpaired) electrons. The zero-order valence-electron chi connectivity index (χ0n) is 12.2. The summed E-state index contributed by atoms with van der Waals surface area (Å²) >= 11 is 6.49. The zero-order chi connectivity index (χ0) is 17.3. The zero-order valence-corrected chi connectivity index (χ0v) is 14.7. The molecular formula is C16H12N2O3S3. The van der Waals surface area contributed by atoms with Gasteiger partial charge in [0.15, 0.2) is 4.32 Å². The molecule has 2 aromatic rings. The SMILES string of the molecule is NS(=O)(=O)c1ccc(N2C(=O)/C(=C\c3ccccc3)SC2=S)cc1. The van der Waals surface area contributed by atoms with Crippen LogP contribution in [0.15, 0.2) is 64.4 Å². The Labute approximate surface area is 149 Å². The number of carbonyl (C=O) groups is 1. The van der Waals surface area contributed by atoms with Crippen LogP contribution in [0.1, 0.15) is 5.56 Å². The number of hydrogen-bond donors (Lipinski definition) is 1. The van der Waals surface area contributed by atoms with Gasteiger partial charge in [-0.05, 0) is 35.9 Å². The Balaban J connectivity index is 1.91. The number of thiocarbonyl (C=S) groups is 1. The Morgan fingerprint density at radius 2 is 1.67 bits per heavy atom. The molecule has 1 amide bonds. The summed E-state index contributed by atoms with van der Waals surface area (Å²) in [6.45, 7) is 0. The second-order valence-electron chi connectivity index (χ2n) is 4.97. The van der Waals surface area contributed by atoms with Crippen LogP contribution in [0.3, 0.4) is 0 Å². The van der Waals surface area contributed by atoms with Crippen molar-refractivity contribution >= 4 is 56.0 Å². The first-order chi connectivity index (χ1) is 11.4. The normalized spacial score (nSPS) is 16.9. The fourth-order valence-electron chi connectivity index (χ4n) is 2.18. The van der Waals surface area contributed by atoms with E-state index in [4.69, 9.17) is 17.4 Å². The maximum absolute atomic E-state index is 12.6. The van der Waals surface area contributed by atoms with Gasteiger partial charge in [-0.2, -0.15) is 0 Å². The molecule has 1 saturated heterocycles. The van der Waals surface area contributed by atoms with Gasteiger partial charge < -0.3 is 0 Å². The molecule has 1 aliphatic heterocycles. The van der Waals surface area contributed by atoms with Crippen LogP contribution >= 0.6 is 24.0 Å². The summed E-state index contributed by atoms with van der Waals surface area (Å²) in [5.74, 6) is -0.239. The second-order valence-corrected chi connectivity index (χ2v) is 8.20. The van der Waals surface area contributed by atoms with Crippen LogP contribution in [0, 0.1) is 0 Å². The Bertz CT molecular complexity index is 936. The van der Waals surface area contributed by atoms with Crippen LogP contribution in [0.5, 0.6) is 0 Å². The molecule has 24 heavy (non-hydrogen) atoms. The molecule has 1 fully saturated rings. The van der Waals surface area contributed by atoms with Gasteiger partial charge in [-0.1, -0.05) is 54.3 Å². The van der Waals surface area contributed by atoms with Gasteiger partial charge >= 0.3 is 0 Å². The average molecular weight is 376 g/mol. The molecule has 2 aromatic carbocycles. The molecule has 1 aliphatic rings. The number of nitrogens with zero attached hydrogens (tertiary/aromatic N) is 1. The van der Waals surface area contributed by atoms with Crippen molar-refractivity contribution in [3.63, 3.8) is 0 Å². The van der Waals surface area contributed by atoms with Crippen LogP contribution in [0.4, 0.5) is 5.69 Å². The number of nitrogens with two attached hydrogens (primary N) is 1. The van der Waals surface area contributed by atoms with Gasteiger partial charge in [0.25, 0.3) is 5.91 Å². The summed E-state index contributed by atoms with van der Waals surface area (Å²) in [5, 5.41) is 5.08. The molecule has 0 unspecified atom stereocenters. The largest absolute Gasteiger partial charge is 0.270 e. The van der Waals surface area contributed by atoms with E-state index in [0.717, 1.165) is 5.56 Å². The maximum atomic E-state index is 12.6. The lowest BCUT2D eigenvalue weighted by Gasteiger charge is -2.14. The van der Waals surface area contributed by atoms with Crippen molar-refractivity contribution in [1.82, 2.24) is 0 Å². The highest BCUT2D eigenvalue weighted by molar-refractivity contribution is 8.27. The molecule has 122 valence electrons. The van der Waals surface area contributed by atoms with Gasteiger partial charge in [-0.25, -0.2) is 13.6 Å². The Kier molecular flexibility index (Phi) is 4.55. The highest BCUT2D eigenvalue weighted by Gasteiger charge is 2.33. The monoisotopic (exact) mass is 376 g/mol. The van der Waals surface area contributed by atoms with E-state index in [1.165, 1.54) is 40.9 Å². The number of thioether (sulfide) groups is 1. The summed E-state index contributed by atoms with van der Waals surface area (Å²) in [6, 6.07) is 15.2. The predicted molar refractivity (Wildman–Crippen MR) is 99.9 cm³/mol. The number of benzene rings is 2. The first-order valence-corrected chi connectivity index (χ1v) is 9.59. The van der Waals surface area contributed by atoms with Gasteiger partial charge in [0.05, 0.1) is 15.5 Å². The topological polar surface area (TPSA) is 80.5 Å². The first kappa shape index (κ1) is 16.8. The molecule has 0 spiro atoms. The minimum atomic E-state index is -3.77. The molecular weight excluding hydrogens is 364 g/mol. The Hall–Kier alpha value is -2.00. The molecule has 0 aliphatic carbocycles. The molecule has 2 N–H and O–H groups in total. The number of carbonyl (C=O) groups excluding carboxylic acids is 1. The van der Waals surface area contributed by atoms with Crippen molar-refractivity contribution in [1.29, 1.82) is 0 Å². The van der Waals surface area contributed by atoms with E-state index in [9.17, 15) is 13.2 Å². The van der Waals surface area contributed by atoms with Crippen molar-refractivity contribution in [2.75, 3.05) is 4.90 Å². The number of sulfonamides is 1. The molecule has 0 saturated carbocycles. The van der Waals surface area contributed by atoms with E-state index in [-0.39, 0.29) is 10.8 Å². The lowest BCUT2D eigenvalue weighted by atomic mass is 10.2. The molecule has 1 heterocycles. The van der Waals surface area contributed by atoms with Crippen molar-refractivity contribution in [3.8, 4) is 0 Å². The van der Waals surface area contributed by atoms with Crippen molar-refractivity contribution < 1.29 is 13.2 Å². The number of primary sulfonamides is 1. The maximum Gasteiger partial charge on any atom is 0.270 e. The molecule has 5 nitrogen and oxygen atoms in total. The van der Waals surface area contributed by atoms with E-state index in [2.05, 4.69) is 0 Å². The van der Waals surface area contributed by atoms with E-state index in [1.807, 2.05) is 30.3 Å². The number of rotatable bonds is 3. The van der Waals surface area contributed by atoms with Crippen LogP contribution in [-0.2, 0) is 14.8 Å².